The molecule has 6 heteroatoms. The highest BCUT2D eigenvalue weighted by molar-refractivity contribution is 6.21. The van der Waals surface area contributed by atoms with Crippen molar-refractivity contribution >= 4 is 11.8 Å². The van der Waals surface area contributed by atoms with Crippen LogP contribution in [0.15, 0.2) is 42.5 Å². The number of methoxy groups -OCH3 is 1. The van der Waals surface area contributed by atoms with Crippen LogP contribution in [0.1, 0.15) is 33.6 Å². The molecule has 1 atom stereocenters. The number of hydrogen-bond donors (Lipinski definition) is 0. The summed E-state index contributed by atoms with van der Waals surface area (Å²) in [4.78, 5) is 26.5. The Labute approximate surface area is 151 Å². The summed E-state index contributed by atoms with van der Waals surface area (Å²) in [5.41, 5.74) is 0.765. The van der Waals surface area contributed by atoms with Crippen molar-refractivity contribution in [2.75, 3.05) is 20.3 Å². The van der Waals surface area contributed by atoms with Gasteiger partial charge in [-0.25, -0.2) is 0 Å². The summed E-state index contributed by atoms with van der Waals surface area (Å²) >= 11 is 0. The van der Waals surface area contributed by atoms with E-state index in [2.05, 4.69) is 0 Å². The Bertz CT molecular complexity index is 857. The second-order valence-corrected chi connectivity index (χ2v) is 6.32. The smallest absolute Gasteiger partial charge is 0.261 e. The predicted octanol–water partition coefficient (Wildman–Crippen LogP) is 3.26. The molecule has 0 unspecified atom stereocenters. The molecule has 2 amide bonds. The Hall–Kier alpha value is -2.86. The standard InChI is InChI=1S/C20H19NO5/c1-24-17-6-2-3-7-18(17)26-13-8-9-15-16(11-13)20(23)21(19(15)22)12-14-5-4-10-25-14/h2-3,6-9,11,14H,4-5,10,12H2,1H3/t14-/m1/s1. The second-order valence-electron chi connectivity index (χ2n) is 6.32. The van der Waals surface area contributed by atoms with E-state index >= 15 is 0 Å². The molecule has 2 heterocycles. The van der Waals surface area contributed by atoms with Gasteiger partial charge in [-0.2, -0.15) is 0 Å². The van der Waals surface area contributed by atoms with Crippen molar-refractivity contribution in [3.05, 3.63) is 53.6 Å². The van der Waals surface area contributed by atoms with Crippen LogP contribution in [0.5, 0.6) is 17.2 Å². The largest absolute Gasteiger partial charge is 0.493 e. The molecule has 2 aromatic rings. The molecular weight excluding hydrogens is 334 g/mol. The molecule has 2 aromatic carbocycles. The van der Waals surface area contributed by atoms with E-state index < -0.39 is 0 Å². The van der Waals surface area contributed by atoms with E-state index in [9.17, 15) is 9.59 Å². The number of amides is 2. The van der Waals surface area contributed by atoms with Crippen LogP contribution in [0.3, 0.4) is 0 Å². The highest BCUT2D eigenvalue weighted by Crippen LogP contribution is 2.34. The first-order chi connectivity index (χ1) is 12.7. The summed E-state index contributed by atoms with van der Waals surface area (Å²) < 4.78 is 16.7. The van der Waals surface area contributed by atoms with Crippen molar-refractivity contribution < 1.29 is 23.8 Å². The van der Waals surface area contributed by atoms with Gasteiger partial charge in [-0.1, -0.05) is 12.1 Å². The van der Waals surface area contributed by atoms with Crippen LogP contribution in [0.25, 0.3) is 0 Å². The molecule has 6 nitrogen and oxygen atoms in total. The van der Waals surface area contributed by atoms with Crippen molar-refractivity contribution in [2.24, 2.45) is 0 Å². The van der Waals surface area contributed by atoms with Gasteiger partial charge >= 0.3 is 0 Å². The van der Waals surface area contributed by atoms with Gasteiger partial charge in [-0.3, -0.25) is 14.5 Å². The molecule has 0 N–H and O–H groups in total. The number of carbonyl (C=O) groups excluding carboxylic acids is 2. The van der Waals surface area contributed by atoms with Crippen LogP contribution in [-0.4, -0.2) is 43.1 Å². The van der Waals surface area contributed by atoms with Crippen LogP contribution in [0.4, 0.5) is 0 Å². The third-order valence-electron chi connectivity index (χ3n) is 4.65. The first-order valence-electron chi connectivity index (χ1n) is 8.60. The zero-order valence-electron chi connectivity index (χ0n) is 14.4. The fourth-order valence-electron chi connectivity index (χ4n) is 3.32. The molecule has 2 aliphatic heterocycles. The second kappa shape index (κ2) is 6.80. The fourth-order valence-corrected chi connectivity index (χ4v) is 3.32. The third-order valence-corrected chi connectivity index (χ3v) is 4.65. The number of ether oxygens (including phenoxy) is 3. The van der Waals surface area contributed by atoms with Crippen molar-refractivity contribution in [2.45, 2.75) is 18.9 Å². The number of fused-ring (bicyclic) bond motifs is 1. The van der Waals surface area contributed by atoms with E-state index in [1.54, 1.807) is 37.4 Å². The number of hydrogen-bond acceptors (Lipinski definition) is 5. The summed E-state index contributed by atoms with van der Waals surface area (Å²) in [5, 5.41) is 0. The normalized spacial score (nSPS) is 19.0. The minimum absolute atomic E-state index is 0.0680. The summed E-state index contributed by atoms with van der Waals surface area (Å²) in [6, 6.07) is 12.2. The highest BCUT2D eigenvalue weighted by Gasteiger charge is 2.37. The highest BCUT2D eigenvalue weighted by atomic mass is 16.5. The maximum absolute atomic E-state index is 12.7. The molecule has 2 aliphatic rings. The number of nitrogens with zero attached hydrogens (tertiary/aromatic N) is 1. The Morgan fingerprint density at radius 1 is 1.08 bits per heavy atom. The van der Waals surface area contributed by atoms with E-state index in [4.69, 9.17) is 14.2 Å². The van der Waals surface area contributed by atoms with Crippen LogP contribution in [0, 0.1) is 0 Å². The topological polar surface area (TPSA) is 65.1 Å². The van der Waals surface area contributed by atoms with Gasteiger partial charge in [0, 0.05) is 6.61 Å². The minimum atomic E-state index is -0.300. The minimum Gasteiger partial charge on any atom is -0.493 e. The molecular formula is C20H19NO5. The first kappa shape index (κ1) is 16.6. The molecule has 0 spiro atoms. The summed E-state index contributed by atoms with van der Waals surface area (Å²) in [6.07, 6.45) is 1.77. The lowest BCUT2D eigenvalue weighted by Crippen LogP contribution is -2.36. The van der Waals surface area contributed by atoms with Gasteiger partial charge in [0.05, 0.1) is 30.9 Å². The molecule has 0 aromatic heterocycles. The third kappa shape index (κ3) is 2.93. The zero-order chi connectivity index (χ0) is 18.1. The molecule has 1 saturated heterocycles. The van der Waals surface area contributed by atoms with Crippen molar-refractivity contribution in [3.63, 3.8) is 0 Å². The number of rotatable bonds is 5. The van der Waals surface area contributed by atoms with Crippen LogP contribution >= 0.6 is 0 Å². The Morgan fingerprint density at radius 3 is 2.58 bits per heavy atom. The van der Waals surface area contributed by atoms with Crippen LogP contribution in [0.2, 0.25) is 0 Å². The Morgan fingerprint density at radius 2 is 1.85 bits per heavy atom. The average Bonchev–Trinajstić information content (AvgIpc) is 3.25. The van der Waals surface area contributed by atoms with Gasteiger partial charge < -0.3 is 14.2 Å². The Kier molecular flexibility index (Phi) is 4.34. The Balaban J connectivity index is 1.57. The molecule has 0 radical (unpaired) electrons. The predicted molar refractivity (Wildman–Crippen MR) is 93.9 cm³/mol. The van der Waals surface area contributed by atoms with Gasteiger partial charge in [0.1, 0.15) is 5.75 Å². The van der Waals surface area contributed by atoms with E-state index in [-0.39, 0.29) is 17.9 Å². The lowest BCUT2D eigenvalue weighted by atomic mass is 10.1. The van der Waals surface area contributed by atoms with Gasteiger partial charge in [0.2, 0.25) is 0 Å². The molecule has 134 valence electrons. The summed E-state index contributed by atoms with van der Waals surface area (Å²) in [7, 11) is 1.57. The fraction of sp³-hybridized carbons (Fsp3) is 0.300. The monoisotopic (exact) mass is 353 g/mol. The van der Waals surface area contributed by atoms with E-state index in [1.807, 2.05) is 12.1 Å². The zero-order valence-corrected chi connectivity index (χ0v) is 14.4. The van der Waals surface area contributed by atoms with Crippen molar-refractivity contribution in [3.8, 4) is 17.2 Å². The van der Waals surface area contributed by atoms with Crippen molar-refractivity contribution in [1.29, 1.82) is 0 Å². The van der Waals surface area contributed by atoms with Gasteiger partial charge in [0.25, 0.3) is 11.8 Å². The maximum Gasteiger partial charge on any atom is 0.261 e. The number of para-hydroxylation sites is 2. The van der Waals surface area contributed by atoms with Gasteiger partial charge in [-0.15, -0.1) is 0 Å². The molecule has 0 aliphatic carbocycles. The van der Waals surface area contributed by atoms with Gasteiger partial charge in [-0.05, 0) is 43.2 Å². The lowest BCUT2D eigenvalue weighted by Gasteiger charge is -2.17. The molecule has 4 rings (SSSR count). The number of carbonyl (C=O) groups is 2. The molecule has 0 saturated carbocycles. The summed E-state index contributed by atoms with van der Waals surface area (Å²) in [5.74, 6) is 1.04. The SMILES string of the molecule is COc1ccccc1Oc1ccc2c(c1)C(=O)N(C[C@H]1CCCO1)C2=O. The molecule has 26 heavy (non-hydrogen) atoms. The summed E-state index contributed by atoms with van der Waals surface area (Å²) in [6.45, 7) is 0.986. The van der Waals surface area contributed by atoms with Crippen LogP contribution in [-0.2, 0) is 4.74 Å². The quantitative estimate of drug-likeness (QED) is 0.772. The molecule has 1 fully saturated rings. The number of imide groups is 1. The molecule has 0 bridgehead atoms. The lowest BCUT2D eigenvalue weighted by molar-refractivity contribution is 0.0475. The maximum atomic E-state index is 12.7. The van der Waals surface area contributed by atoms with E-state index in [0.717, 1.165) is 12.8 Å². The average molecular weight is 353 g/mol. The van der Waals surface area contributed by atoms with Gasteiger partial charge in [0.15, 0.2) is 11.5 Å². The number of benzene rings is 2. The van der Waals surface area contributed by atoms with Crippen LogP contribution < -0.4 is 9.47 Å². The van der Waals surface area contributed by atoms with E-state index in [0.29, 0.717) is 41.5 Å². The van der Waals surface area contributed by atoms with E-state index in [1.165, 1.54) is 4.90 Å². The first-order valence-corrected chi connectivity index (χ1v) is 8.60. The van der Waals surface area contributed by atoms with Crippen molar-refractivity contribution in [1.82, 2.24) is 4.90 Å².